The van der Waals surface area contributed by atoms with Crippen molar-refractivity contribution in [3.05, 3.63) is 35.9 Å². The Balaban J connectivity index is 2.44. The zero-order valence-corrected chi connectivity index (χ0v) is 15.7. The summed E-state index contributed by atoms with van der Waals surface area (Å²) >= 11 is 0. The lowest BCUT2D eigenvalue weighted by atomic mass is 10.0. The number of nitrogens with one attached hydrogen (secondary N) is 2. The Labute approximate surface area is 150 Å². The van der Waals surface area contributed by atoms with Gasteiger partial charge in [-0.25, -0.2) is 4.79 Å². The van der Waals surface area contributed by atoms with Crippen LogP contribution in [0.2, 0.25) is 0 Å². The number of carbonyl (C=O) groups excluding carboxylic acids is 2. The molecule has 0 saturated heterocycles. The van der Waals surface area contributed by atoms with Crippen LogP contribution >= 0.6 is 0 Å². The summed E-state index contributed by atoms with van der Waals surface area (Å²) in [5, 5.41) is 5.56. The van der Waals surface area contributed by atoms with E-state index in [4.69, 9.17) is 4.74 Å². The number of alkyl carbamates (subject to hydrolysis) is 1. The first-order valence-corrected chi connectivity index (χ1v) is 8.95. The molecule has 0 unspecified atom stereocenters. The van der Waals surface area contributed by atoms with Crippen LogP contribution in [0.3, 0.4) is 0 Å². The predicted molar refractivity (Wildman–Crippen MR) is 99.2 cm³/mol. The number of amides is 2. The van der Waals surface area contributed by atoms with Crippen LogP contribution in [0.25, 0.3) is 0 Å². The molecule has 1 atom stereocenters. The van der Waals surface area contributed by atoms with E-state index < -0.39 is 12.1 Å². The molecular weight excluding hydrogens is 318 g/mol. The summed E-state index contributed by atoms with van der Waals surface area (Å²) in [6.07, 6.45) is -0.582. The van der Waals surface area contributed by atoms with Gasteiger partial charge < -0.3 is 20.3 Å². The second-order valence-corrected chi connectivity index (χ2v) is 6.25. The molecule has 0 aliphatic heterocycles. The van der Waals surface area contributed by atoms with E-state index in [1.807, 2.05) is 44.2 Å². The molecule has 6 heteroatoms. The van der Waals surface area contributed by atoms with Crippen molar-refractivity contribution in [1.82, 2.24) is 15.5 Å². The molecule has 0 aliphatic carbocycles. The van der Waals surface area contributed by atoms with Crippen LogP contribution < -0.4 is 10.6 Å². The third-order valence-electron chi connectivity index (χ3n) is 4.06. The van der Waals surface area contributed by atoms with Gasteiger partial charge >= 0.3 is 6.09 Å². The van der Waals surface area contributed by atoms with Gasteiger partial charge in [-0.2, -0.15) is 0 Å². The number of nitrogens with zero attached hydrogens (tertiary/aromatic N) is 1. The van der Waals surface area contributed by atoms with Crippen molar-refractivity contribution in [3.63, 3.8) is 0 Å². The van der Waals surface area contributed by atoms with Crippen molar-refractivity contribution in [2.45, 2.75) is 40.3 Å². The molecule has 0 saturated carbocycles. The highest BCUT2D eigenvalue weighted by molar-refractivity contribution is 5.85. The Morgan fingerprint density at radius 2 is 1.76 bits per heavy atom. The minimum atomic E-state index is -0.611. The molecule has 2 amide bonds. The molecule has 0 aromatic heterocycles. The first-order chi connectivity index (χ1) is 12.0. The molecule has 1 aromatic rings. The monoisotopic (exact) mass is 349 g/mol. The van der Waals surface area contributed by atoms with Crippen LogP contribution in [0, 0.1) is 5.92 Å². The lowest BCUT2D eigenvalue weighted by molar-refractivity contribution is -0.124. The highest BCUT2D eigenvalue weighted by atomic mass is 16.5. The molecule has 0 radical (unpaired) electrons. The minimum absolute atomic E-state index is 0.0299. The Bertz CT molecular complexity index is 516. The lowest BCUT2D eigenvalue weighted by Crippen LogP contribution is -2.51. The number of hydrogen-bond acceptors (Lipinski definition) is 4. The van der Waals surface area contributed by atoms with Gasteiger partial charge in [-0.05, 0) is 24.6 Å². The third kappa shape index (κ3) is 8.03. The molecule has 1 rings (SSSR count). The van der Waals surface area contributed by atoms with E-state index in [0.29, 0.717) is 6.54 Å². The Hall–Kier alpha value is -2.08. The highest BCUT2D eigenvalue weighted by Gasteiger charge is 2.24. The molecular formula is C19H31N3O3. The second-order valence-electron chi connectivity index (χ2n) is 6.25. The van der Waals surface area contributed by atoms with E-state index in [9.17, 15) is 9.59 Å². The topological polar surface area (TPSA) is 70.7 Å². The highest BCUT2D eigenvalue weighted by Crippen LogP contribution is 2.04. The lowest BCUT2D eigenvalue weighted by Gasteiger charge is -2.23. The van der Waals surface area contributed by atoms with Crippen molar-refractivity contribution in [3.8, 4) is 0 Å². The molecule has 2 N–H and O–H groups in total. The Morgan fingerprint density at radius 1 is 1.12 bits per heavy atom. The van der Waals surface area contributed by atoms with Crippen LogP contribution in [-0.4, -0.2) is 49.1 Å². The van der Waals surface area contributed by atoms with E-state index in [-0.39, 0.29) is 18.4 Å². The van der Waals surface area contributed by atoms with Crippen LogP contribution in [-0.2, 0) is 16.1 Å². The molecule has 0 fully saturated rings. The molecule has 0 spiro atoms. The van der Waals surface area contributed by atoms with Crippen molar-refractivity contribution in [2.75, 3.05) is 26.2 Å². The smallest absolute Gasteiger partial charge is 0.408 e. The molecule has 0 aliphatic rings. The number of rotatable bonds is 10. The maximum absolute atomic E-state index is 12.4. The fourth-order valence-electron chi connectivity index (χ4n) is 2.41. The van der Waals surface area contributed by atoms with Gasteiger partial charge in [0.1, 0.15) is 12.6 Å². The minimum Gasteiger partial charge on any atom is -0.445 e. The summed E-state index contributed by atoms with van der Waals surface area (Å²) in [6.45, 7) is 11.4. The normalized spacial score (nSPS) is 12.1. The second kappa shape index (κ2) is 11.5. The number of carbonyl (C=O) groups is 2. The fraction of sp³-hybridized carbons (Fsp3) is 0.579. The van der Waals surface area contributed by atoms with E-state index in [2.05, 4.69) is 29.4 Å². The van der Waals surface area contributed by atoms with Gasteiger partial charge in [-0.3, -0.25) is 4.79 Å². The summed E-state index contributed by atoms with van der Waals surface area (Å²) in [4.78, 5) is 26.6. The zero-order valence-electron chi connectivity index (χ0n) is 15.7. The van der Waals surface area contributed by atoms with Crippen molar-refractivity contribution in [2.24, 2.45) is 5.92 Å². The first kappa shape index (κ1) is 21.0. The number of benzene rings is 1. The average molecular weight is 349 g/mol. The van der Waals surface area contributed by atoms with Crippen molar-refractivity contribution < 1.29 is 14.3 Å². The van der Waals surface area contributed by atoms with Gasteiger partial charge in [-0.1, -0.05) is 58.0 Å². The van der Waals surface area contributed by atoms with Crippen LogP contribution in [0.1, 0.15) is 33.3 Å². The van der Waals surface area contributed by atoms with Gasteiger partial charge in [0.2, 0.25) is 5.91 Å². The molecule has 25 heavy (non-hydrogen) atoms. The third-order valence-corrected chi connectivity index (χ3v) is 4.06. The number of hydrogen-bond donors (Lipinski definition) is 2. The SMILES string of the molecule is CCN(CC)CCNC(=O)[C@@H](NC(=O)OCc1ccccc1)C(C)C. The zero-order chi connectivity index (χ0) is 18.7. The summed E-state index contributed by atoms with van der Waals surface area (Å²) < 4.78 is 5.20. The number of ether oxygens (including phenoxy) is 1. The summed E-state index contributed by atoms with van der Waals surface area (Å²) in [7, 11) is 0. The van der Waals surface area contributed by atoms with Crippen LogP contribution in [0.5, 0.6) is 0 Å². The summed E-state index contributed by atoms with van der Waals surface area (Å²) in [6, 6.07) is 8.83. The maximum Gasteiger partial charge on any atom is 0.408 e. The molecule has 6 nitrogen and oxygen atoms in total. The largest absolute Gasteiger partial charge is 0.445 e. The Morgan fingerprint density at radius 3 is 2.32 bits per heavy atom. The summed E-state index contributed by atoms with van der Waals surface area (Å²) in [5.41, 5.74) is 0.905. The van der Waals surface area contributed by atoms with Gasteiger partial charge in [0, 0.05) is 13.1 Å². The molecule has 0 bridgehead atoms. The average Bonchev–Trinajstić information content (AvgIpc) is 2.62. The van der Waals surface area contributed by atoms with Gasteiger partial charge in [0.25, 0.3) is 0 Å². The van der Waals surface area contributed by atoms with E-state index in [1.165, 1.54) is 0 Å². The standard InChI is InChI=1S/C19H31N3O3/c1-5-22(6-2)13-12-20-18(23)17(15(3)4)21-19(24)25-14-16-10-8-7-9-11-16/h7-11,15,17H,5-6,12-14H2,1-4H3,(H,20,23)(H,21,24)/t17-/m0/s1. The van der Waals surface area contributed by atoms with E-state index in [0.717, 1.165) is 25.2 Å². The van der Waals surface area contributed by atoms with Gasteiger partial charge in [0.05, 0.1) is 0 Å². The van der Waals surface area contributed by atoms with Crippen LogP contribution in [0.4, 0.5) is 4.79 Å². The fourth-order valence-corrected chi connectivity index (χ4v) is 2.41. The first-order valence-electron chi connectivity index (χ1n) is 8.95. The van der Waals surface area contributed by atoms with E-state index >= 15 is 0 Å². The Kier molecular flexibility index (Phi) is 9.62. The van der Waals surface area contributed by atoms with E-state index in [1.54, 1.807) is 0 Å². The van der Waals surface area contributed by atoms with Gasteiger partial charge in [0.15, 0.2) is 0 Å². The van der Waals surface area contributed by atoms with Crippen molar-refractivity contribution in [1.29, 1.82) is 0 Å². The quantitative estimate of drug-likeness (QED) is 0.680. The molecule has 1 aromatic carbocycles. The number of likely N-dealkylation sites (N-methyl/N-ethyl adjacent to an activating group) is 1. The molecule has 140 valence electrons. The van der Waals surface area contributed by atoms with Gasteiger partial charge in [-0.15, -0.1) is 0 Å². The summed E-state index contributed by atoms with van der Waals surface area (Å²) in [5.74, 6) is -0.212. The predicted octanol–water partition coefficient (Wildman–Crippen LogP) is 2.40. The maximum atomic E-state index is 12.4. The molecule has 0 heterocycles. The van der Waals surface area contributed by atoms with Crippen LogP contribution in [0.15, 0.2) is 30.3 Å². The van der Waals surface area contributed by atoms with Crippen molar-refractivity contribution >= 4 is 12.0 Å².